The quantitative estimate of drug-likeness (QED) is 0.693. The third-order valence-corrected chi connectivity index (χ3v) is 6.05. The van der Waals surface area contributed by atoms with Crippen molar-refractivity contribution in [1.29, 1.82) is 0 Å². The summed E-state index contributed by atoms with van der Waals surface area (Å²) < 4.78 is 0. The topological polar surface area (TPSA) is 32.3 Å². The largest absolute Gasteiger partial charge is 0.355 e. The molecule has 0 radical (unpaired) electrons. The Morgan fingerprint density at radius 1 is 1.15 bits per heavy atom. The number of benzene rings is 2. The van der Waals surface area contributed by atoms with Crippen molar-refractivity contribution in [3.8, 4) is 0 Å². The van der Waals surface area contributed by atoms with Crippen molar-refractivity contribution in [2.24, 2.45) is 5.92 Å². The van der Waals surface area contributed by atoms with Crippen LogP contribution in [0.5, 0.6) is 0 Å². The number of carbonyl (C=O) groups excluding carboxylic acids is 1. The maximum Gasteiger partial charge on any atom is 0.224 e. The molecule has 1 aliphatic heterocycles. The molecular formula is C23H30N2OS. The number of thioether (sulfide) groups is 1. The molecule has 1 amide bonds. The zero-order valence-electron chi connectivity index (χ0n) is 16.2. The third-order valence-electron chi connectivity index (χ3n) is 5.02. The van der Waals surface area contributed by atoms with Gasteiger partial charge in [-0.1, -0.05) is 60.2 Å². The van der Waals surface area contributed by atoms with Crippen molar-refractivity contribution < 1.29 is 4.79 Å². The Bertz CT molecular complexity index is 719. The van der Waals surface area contributed by atoms with E-state index in [1.165, 1.54) is 16.7 Å². The Kier molecular flexibility index (Phi) is 7.79. The predicted octanol–water partition coefficient (Wildman–Crippen LogP) is 4.26. The lowest BCUT2D eigenvalue weighted by Gasteiger charge is -2.32. The van der Waals surface area contributed by atoms with Gasteiger partial charge in [-0.05, 0) is 37.4 Å². The summed E-state index contributed by atoms with van der Waals surface area (Å²) in [5, 5.41) is 3.15. The number of hydrogen-bond acceptors (Lipinski definition) is 3. The van der Waals surface area contributed by atoms with Crippen molar-refractivity contribution >= 4 is 17.7 Å². The second-order valence-corrected chi connectivity index (χ2v) is 8.50. The van der Waals surface area contributed by atoms with Crippen LogP contribution in [0.4, 0.5) is 0 Å². The predicted molar refractivity (Wildman–Crippen MR) is 115 cm³/mol. The van der Waals surface area contributed by atoms with E-state index in [1.54, 1.807) is 0 Å². The Hall–Kier alpha value is -1.78. The number of piperidine rings is 1. The van der Waals surface area contributed by atoms with Crippen LogP contribution >= 0.6 is 11.8 Å². The Labute approximate surface area is 167 Å². The maximum atomic E-state index is 12.5. The van der Waals surface area contributed by atoms with E-state index in [9.17, 15) is 4.79 Å². The highest BCUT2D eigenvalue weighted by molar-refractivity contribution is 7.98. The van der Waals surface area contributed by atoms with Gasteiger partial charge in [0.1, 0.15) is 0 Å². The molecular weight excluding hydrogens is 352 g/mol. The van der Waals surface area contributed by atoms with Crippen molar-refractivity contribution in [1.82, 2.24) is 10.2 Å². The van der Waals surface area contributed by atoms with Crippen molar-refractivity contribution in [2.75, 3.05) is 25.4 Å². The number of rotatable bonds is 8. The fraction of sp³-hybridized carbons (Fsp3) is 0.435. The highest BCUT2D eigenvalue weighted by Crippen LogP contribution is 2.19. The standard InChI is InChI=1S/C23H30N2OS/c1-19-7-5-10-21(15-19)16-25-13-6-11-22(17-25)23(26)24-12-14-27-18-20-8-3-2-4-9-20/h2-5,7-10,15,22H,6,11-14,16-18H2,1H3,(H,24,26). The van der Waals surface area contributed by atoms with Gasteiger partial charge in [-0.2, -0.15) is 11.8 Å². The van der Waals surface area contributed by atoms with Crippen LogP contribution in [0.1, 0.15) is 29.5 Å². The second-order valence-electron chi connectivity index (χ2n) is 7.39. The van der Waals surface area contributed by atoms with E-state index in [2.05, 4.69) is 65.7 Å². The van der Waals surface area contributed by atoms with Crippen LogP contribution in [0.2, 0.25) is 0 Å². The molecule has 27 heavy (non-hydrogen) atoms. The molecule has 0 saturated carbocycles. The van der Waals surface area contributed by atoms with E-state index >= 15 is 0 Å². The first-order valence-corrected chi connectivity index (χ1v) is 11.0. The molecule has 0 bridgehead atoms. The molecule has 1 heterocycles. The molecule has 1 fully saturated rings. The lowest BCUT2D eigenvalue weighted by molar-refractivity contribution is -0.126. The smallest absolute Gasteiger partial charge is 0.224 e. The minimum Gasteiger partial charge on any atom is -0.355 e. The van der Waals surface area contributed by atoms with Crippen LogP contribution in [0, 0.1) is 12.8 Å². The number of nitrogens with zero attached hydrogens (tertiary/aromatic N) is 1. The number of nitrogens with one attached hydrogen (secondary N) is 1. The number of hydrogen-bond donors (Lipinski definition) is 1. The highest BCUT2D eigenvalue weighted by atomic mass is 32.2. The van der Waals surface area contributed by atoms with Crippen LogP contribution in [0.15, 0.2) is 54.6 Å². The normalized spacial score (nSPS) is 17.6. The van der Waals surface area contributed by atoms with Gasteiger partial charge >= 0.3 is 0 Å². The van der Waals surface area contributed by atoms with Crippen LogP contribution in [0.3, 0.4) is 0 Å². The summed E-state index contributed by atoms with van der Waals surface area (Å²) in [6.45, 7) is 5.79. The molecule has 1 aliphatic rings. The molecule has 3 nitrogen and oxygen atoms in total. The average molecular weight is 383 g/mol. The van der Waals surface area contributed by atoms with Gasteiger partial charge in [0.05, 0.1) is 5.92 Å². The van der Waals surface area contributed by atoms with Crippen molar-refractivity contribution in [3.63, 3.8) is 0 Å². The molecule has 144 valence electrons. The Morgan fingerprint density at radius 3 is 2.78 bits per heavy atom. The highest BCUT2D eigenvalue weighted by Gasteiger charge is 2.25. The van der Waals surface area contributed by atoms with Crippen LogP contribution < -0.4 is 5.32 Å². The van der Waals surface area contributed by atoms with Gasteiger partial charge in [0.25, 0.3) is 0 Å². The van der Waals surface area contributed by atoms with Crippen LogP contribution in [-0.2, 0) is 17.1 Å². The number of carbonyl (C=O) groups is 1. The zero-order valence-corrected chi connectivity index (χ0v) is 17.0. The SMILES string of the molecule is Cc1cccc(CN2CCCC(C(=O)NCCSCc3ccccc3)C2)c1. The minimum absolute atomic E-state index is 0.127. The zero-order chi connectivity index (χ0) is 18.9. The van der Waals surface area contributed by atoms with E-state index in [0.717, 1.165) is 50.5 Å². The van der Waals surface area contributed by atoms with E-state index in [0.29, 0.717) is 0 Å². The van der Waals surface area contributed by atoms with Gasteiger partial charge < -0.3 is 5.32 Å². The van der Waals surface area contributed by atoms with Gasteiger partial charge in [-0.3, -0.25) is 9.69 Å². The molecule has 1 N–H and O–H groups in total. The van der Waals surface area contributed by atoms with Gasteiger partial charge in [0.15, 0.2) is 0 Å². The van der Waals surface area contributed by atoms with Crippen molar-refractivity contribution in [3.05, 3.63) is 71.3 Å². The molecule has 1 atom stereocenters. The van der Waals surface area contributed by atoms with E-state index in [1.807, 2.05) is 17.8 Å². The van der Waals surface area contributed by atoms with Gasteiger partial charge in [0.2, 0.25) is 5.91 Å². The Morgan fingerprint density at radius 2 is 1.96 bits per heavy atom. The van der Waals surface area contributed by atoms with Gasteiger partial charge in [0, 0.05) is 31.1 Å². The molecule has 2 aromatic rings. The first-order chi connectivity index (χ1) is 13.2. The minimum atomic E-state index is 0.127. The number of likely N-dealkylation sites (tertiary alicyclic amines) is 1. The summed E-state index contributed by atoms with van der Waals surface area (Å²) in [4.78, 5) is 15.0. The van der Waals surface area contributed by atoms with Gasteiger partial charge in [-0.25, -0.2) is 0 Å². The van der Waals surface area contributed by atoms with E-state index in [-0.39, 0.29) is 11.8 Å². The molecule has 0 aliphatic carbocycles. The summed E-state index contributed by atoms with van der Waals surface area (Å²) in [5.41, 5.74) is 3.98. The number of aryl methyl sites for hydroxylation is 1. The molecule has 0 aromatic heterocycles. The molecule has 1 unspecified atom stereocenters. The first kappa shape index (κ1) is 20.0. The van der Waals surface area contributed by atoms with Crippen molar-refractivity contribution in [2.45, 2.75) is 32.1 Å². The first-order valence-electron chi connectivity index (χ1n) is 9.88. The molecule has 0 spiro atoms. The molecule has 2 aromatic carbocycles. The fourth-order valence-corrected chi connectivity index (χ4v) is 4.46. The van der Waals surface area contributed by atoms with E-state index < -0.39 is 0 Å². The van der Waals surface area contributed by atoms with E-state index in [4.69, 9.17) is 0 Å². The molecule has 3 rings (SSSR count). The molecule has 1 saturated heterocycles. The van der Waals surface area contributed by atoms with Crippen LogP contribution in [0.25, 0.3) is 0 Å². The summed E-state index contributed by atoms with van der Waals surface area (Å²) in [6.07, 6.45) is 2.11. The monoisotopic (exact) mass is 382 g/mol. The van der Waals surface area contributed by atoms with Crippen LogP contribution in [-0.4, -0.2) is 36.2 Å². The number of amides is 1. The lowest BCUT2D eigenvalue weighted by Crippen LogP contribution is -2.43. The maximum absolute atomic E-state index is 12.5. The van der Waals surface area contributed by atoms with Gasteiger partial charge in [-0.15, -0.1) is 0 Å². The second kappa shape index (κ2) is 10.5. The third kappa shape index (κ3) is 6.71. The summed E-state index contributed by atoms with van der Waals surface area (Å²) in [7, 11) is 0. The lowest BCUT2D eigenvalue weighted by atomic mass is 9.96. The summed E-state index contributed by atoms with van der Waals surface area (Å²) in [5.74, 6) is 2.32. The summed E-state index contributed by atoms with van der Waals surface area (Å²) >= 11 is 1.87. The molecule has 4 heteroatoms. The average Bonchev–Trinajstić information content (AvgIpc) is 2.68. The summed E-state index contributed by atoms with van der Waals surface area (Å²) in [6, 6.07) is 19.2. The Balaban J connectivity index is 1.36. The fourth-order valence-electron chi connectivity index (χ4n) is 3.64.